The Balaban J connectivity index is 5.54. The van der Waals surface area contributed by atoms with Crippen molar-refractivity contribution in [3.8, 4) is 0 Å². The van der Waals surface area contributed by atoms with Crippen LogP contribution in [0.15, 0.2) is 0 Å². The van der Waals surface area contributed by atoms with E-state index in [2.05, 4.69) is 0 Å². The molecule has 0 amide bonds. The van der Waals surface area contributed by atoms with Gasteiger partial charge in [0, 0.05) is 0 Å². The lowest BCUT2D eigenvalue weighted by Crippen LogP contribution is -2.54. The molecule has 0 saturated heterocycles. The van der Waals surface area contributed by atoms with Crippen molar-refractivity contribution in [2.24, 2.45) is 0 Å². The molecule has 0 aromatic rings. The van der Waals surface area contributed by atoms with Gasteiger partial charge in [-0.25, -0.2) is 8.42 Å². The number of hydrogen-bond donors (Lipinski definition) is 0. The monoisotopic (exact) mass is 360 g/mol. The van der Waals surface area contributed by atoms with Crippen LogP contribution in [-0.4, -0.2) is 25.8 Å². The standard InChI is InChI=1S/C3F7IO2S/c4-1(5,2(6,7)8)3(9,10)14(11,12)13. The molecule has 0 aromatic carbocycles. The minimum absolute atomic E-state index is 0.173. The highest BCUT2D eigenvalue weighted by atomic mass is 127. The third-order valence-electron chi connectivity index (χ3n) is 1.03. The predicted octanol–water partition coefficient (Wildman–Crippen LogP) is 2.54. The summed E-state index contributed by atoms with van der Waals surface area (Å²) >= 11 is -0.173. The Morgan fingerprint density at radius 3 is 1.21 bits per heavy atom. The fourth-order valence-electron chi connectivity index (χ4n) is 0.318. The SMILES string of the molecule is O=S(=O)(I)C(F)(F)C(F)(F)C(F)(F)F. The lowest BCUT2D eigenvalue weighted by atomic mass is 10.3. The molecule has 0 aliphatic carbocycles. The van der Waals surface area contributed by atoms with Crippen molar-refractivity contribution in [1.29, 1.82) is 0 Å². The molecule has 0 spiro atoms. The molecule has 0 heterocycles. The minimum Gasteiger partial charge on any atom is -0.212 e. The lowest BCUT2D eigenvalue weighted by Gasteiger charge is -2.25. The molecule has 0 aromatic heterocycles. The molecule has 0 rings (SSSR count). The van der Waals surface area contributed by atoms with Crippen molar-refractivity contribution >= 4 is 28.2 Å². The zero-order chi connectivity index (χ0) is 12.0. The van der Waals surface area contributed by atoms with Gasteiger partial charge in [-0.3, -0.25) is 0 Å². The van der Waals surface area contributed by atoms with Crippen molar-refractivity contribution in [3.63, 3.8) is 0 Å². The molecule has 11 heteroatoms. The molecule has 0 saturated carbocycles. The fourth-order valence-corrected chi connectivity index (χ4v) is 1.57. The topological polar surface area (TPSA) is 34.1 Å². The van der Waals surface area contributed by atoms with Crippen molar-refractivity contribution in [2.75, 3.05) is 0 Å². The minimum atomic E-state index is -6.63. The van der Waals surface area contributed by atoms with Gasteiger partial charge in [0.25, 0.3) is 7.01 Å². The van der Waals surface area contributed by atoms with Crippen LogP contribution in [0.5, 0.6) is 0 Å². The van der Waals surface area contributed by atoms with Gasteiger partial charge in [-0.2, -0.15) is 30.7 Å². The molecule has 0 unspecified atom stereocenters. The number of hydrogen-bond acceptors (Lipinski definition) is 2. The molecule has 0 N–H and O–H groups in total. The van der Waals surface area contributed by atoms with Gasteiger partial charge >= 0.3 is 17.4 Å². The highest BCUT2D eigenvalue weighted by Gasteiger charge is 2.78. The molecule has 14 heavy (non-hydrogen) atoms. The third kappa shape index (κ3) is 2.06. The van der Waals surface area contributed by atoms with Crippen molar-refractivity contribution in [3.05, 3.63) is 0 Å². The Labute approximate surface area is 85.0 Å². The first-order valence-electron chi connectivity index (χ1n) is 2.51. The van der Waals surface area contributed by atoms with Gasteiger partial charge < -0.3 is 0 Å². The number of alkyl halides is 7. The lowest BCUT2D eigenvalue weighted by molar-refractivity contribution is -0.331. The van der Waals surface area contributed by atoms with Crippen LogP contribution in [-0.2, 0) is 7.01 Å². The van der Waals surface area contributed by atoms with E-state index in [-0.39, 0.29) is 21.2 Å². The molecule has 0 aliphatic heterocycles. The first-order valence-corrected chi connectivity index (χ1v) is 6.54. The summed E-state index contributed by atoms with van der Waals surface area (Å²) in [4.78, 5) is 0. The van der Waals surface area contributed by atoms with E-state index < -0.39 is 24.4 Å². The summed E-state index contributed by atoms with van der Waals surface area (Å²) in [6, 6.07) is 0. The molecule has 0 fully saturated rings. The van der Waals surface area contributed by atoms with Gasteiger partial charge in [0.2, 0.25) is 0 Å². The van der Waals surface area contributed by atoms with E-state index in [4.69, 9.17) is 0 Å². The van der Waals surface area contributed by atoms with E-state index >= 15 is 0 Å². The summed E-state index contributed by atoms with van der Waals surface area (Å²) in [7, 11) is -5.88. The largest absolute Gasteiger partial charge is 0.461 e. The zero-order valence-corrected chi connectivity index (χ0v) is 8.72. The molecule has 2 nitrogen and oxygen atoms in total. The summed E-state index contributed by atoms with van der Waals surface area (Å²) in [5.41, 5.74) is 0. The van der Waals surface area contributed by atoms with Crippen LogP contribution < -0.4 is 0 Å². The van der Waals surface area contributed by atoms with Crippen molar-refractivity contribution in [1.82, 2.24) is 0 Å². The maximum absolute atomic E-state index is 12.1. The van der Waals surface area contributed by atoms with E-state index in [1.165, 1.54) is 0 Å². The Morgan fingerprint density at radius 1 is 0.857 bits per heavy atom. The van der Waals surface area contributed by atoms with Crippen LogP contribution in [0.2, 0.25) is 0 Å². The Morgan fingerprint density at radius 2 is 1.14 bits per heavy atom. The first-order chi connectivity index (χ1) is 5.75. The van der Waals surface area contributed by atoms with Crippen LogP contribution in [0.1, 0.15) is 0 Å². The molecular formula is C3F7IO2S. The van der Waals surface area contributed by atoms with Gasteiger partial charge in [-0.15, -0.1) is 0 Å². The molecule has 86 valence electrons. The van der Waals surface area contributed by atoms with Crippen LogP contribution in [0.3, 0.4) is 0 Å². The van der Waals surface area contributed by atoms with E-state index in [0.29, 0.717) is 0 Å². The Hall–Kier alpha value is 0.190. The Kier molecular flexibility index (Phi) is 3.39. The third-order valence-corrected chi connectivity index (χ3v) is 3.56. The second-order valence-corrected chi connectivity index (χ2v) is 6.89. The van der Waals surface area contributed by atoms with E-state index in [0.717, 1.165) is 0 Å². The molecule has 0 bridgehead atoms. The summed E-state index contributed by atoms with van der Waals surface area (Å²) in [6.45, 7) is 0. The zero-order valence-electron chi connectivity index (χ0n) is 5.75. The Bertz CT molecular complexity index is 316. The normalized spacial score (nSPS) is 15.7. The highest BCUT2D eigenvalue weighted by Crippen LogP contribution is 2.50. The average Bonchev–Trinajstić information content (AvgIpc) is 1.81. The van der Waals surface area contributed by atoms with Gasteiger partial charge in [-0.05, 0) is 0 Å². The van der Waals surface area contributed by atoms with Crippen LogP contribution >= 0.6 is 21.2 Å². The van der Waals surface area contributed by atoms with Crippen LogP contribution in [0.25, 0.3) is 0 Å². The van der Waals surface area contributed by atoms with Gasteiger partial charge in [0.05, 0.1) is 21.2 Å². The molecule has 0 atom stereocenters. The summed E-state index contributed by atoms with van der Waals surface area (Å²) in [5.74, 6) is -6.61. The predicted molar refractivity (Wildman–Crippen MR) is 38.9 cm³/mol. The summed E-state index contributed by atoms with van der Waals surface area (Å²) < 4.78 is 102. The van der Waals surface area contributed by atoms with Crippen molar-refractivity contribution < 1.29 is 39.2 Å². The smallest absolute Gasteiger partial charge is 0.212 e. The maximum atomic E-state index is 12.1. The van der Waals surface area contributed by atoms with E-state index in [9.17, 15) is 39.2 Å². The van der Waals surface area contributed by atoms with Gasteiger partial charge in [0.1, 0.15) is 0 Å². The van der Waals surface area contributed by atoms with Gasteiger partial charge in [-0.1, -0.05) is 0 Å². The number of rotatable bonds is 2. The molecule has 0 aliphatic rings. The number of halogens is 8. The quantitative estimate of drug-likeness (QED) is 0.431. The highest BCUT2D eigenvalue weighted by molar-refractivity contribution is 14.2. The summed E-state index contributed by atoms with van der Waals surface area (Å²) in [6.07, 6.45) is -6.63. The second-order valence-electron chi connectivity index (χ2n) is 2.03. The maximum Gasteiger partial charge on any atom is 0.461 e. The summed E-state index contributed by atoms with van der Waals surface area (Å²) in [5, 5.41) is -6.18. The van der Waals surface area contributed by atoms with E-state index in [1.807, 2.05) is 0 Å². The van der Waals surface area contributed by atoms with E-state index in [1.54, 1.807) is 0 Å². The average molecular weight is 360 g/mol. The molecular weight excluding hydrogens is 360 g/mol. The first kappa shape index (κ1) is 14.2. The fraction of sp³-hybridized carbons (Fsp3) is 1.00. The van der Waals surface area contributed by atoms with Crippen LogP contribution in [0.4, 0.5) is 30.7 Å². The second kappa shape index (κ2) is 3.35. The molecule has 0 radical (unpaired) electrons. The van der Waals surface area contributed by atoms with Gasteiger partial charge in [0.15, 0.2) is 0 Å². The van der Waals surface area contributed by atoms with Crippen LogP contribution in [0, 0.1) is 0 Å². The van der Waals surface area contributed by atoms with Crippen molar-refractivity contribution in [2.45, 2.75) is 17.4 Å².